The van der Waals surface area contributed by atoms with Crippen LogP contribution in [0.4, 0.5) is 5.69 Å². The lowest BCUT2D eigenvalue weighted by atomic mass is 10.2. The molecule has 0 unspecified atom stereocenters. The molecule has 2 aliphatic rings. The van der Waals surface area contributed by atoms with E-state index in [9.17, 15) is 9.59 Å². The van der Waals surface area contributed by atoms with Gasteiger partial charge in [-0.25, -0.2) is 0 Å². The van der Waals surface area contributed by atoms with E-state index in [1.54, 1.807) is 18.2 Å². The van der Waals surface area contributed by atoms with Gasteiger partial charge in [-0.1, -0.05) is 6.07 Å². The van der Waals surface area contributed by atoms with Crippen molar-refractivity contribution in [3.05, 3.63) is 29.8 Å². The first kappa shape index (κ1) is 15.0. The topological polar surface area (TPSA) is 73.5 Å². The highest BCUT2D eigenvalue weighted by atomic mass is 16.2. The summed E-state index contributed by atoms with van der Waals surface area (Å²) in [5.41, 5.74) is 1.26. The van der Waals surface area contributed by atoms with Gasteiger partial charge in [0.05, 0.1) is 6.54 Å². The number of nitrogens with one attached hydrogen (secondary N) is 3. The molecule has 1 aliphatic heterocycles. The van der Waals surface area contributed by atoms with E-state index in [1.807, 2.05) is 6.07 Å². The third kappa shape index (κ3) is 4.29. The molecule has 1 aromatic carbocycles. The molecule has 1 saturated carbocycles. The molecule has 3 rings (SSSR count). The highest BCUT2D eigenvalue weighted by molar-refractivity contribution is 5.97. The van der Waals surface area contributed by atoms with E-state index in [1.165, 1.54) is 0 Å². The van der Waals surface area contributed by atoms with Gasteiger partial charge >= 0.3 is 0 Å². The molecule has 3 N–H and O–H groups in total. The van der Waals surface area contributed by atoms with Crippen molar-refractivity contribution in [3.8, 4) is 0 Å². The molecule has 118 valence electrons. The van der Waals surface area contributed by atoms with E-state index in [0.29, 0.717) is 23.8 Å². The van der Waals surface area contributed by atoms with Gasteiger partial charge in [0.1, 0.15) is 0 Å². The van der Waals surface area contributed by atoms with Gasteiger partial charge in [0, 0.05) is 43.5 Å². The lowest BCUT2D eigenvalue weighted by Gasteiger charge is -2.26. The SMILES string of the molecule is O=C(CN1CCNCC1)Nc1cccc(C(=O)NC2CC2)c1. The second kappa shape index (κ2) is 6.89. The lowest BCUT2D eigenvalue weighted by molar-refractivity contribution is -0.117. The highest BCUT2D eigenvalue weighted by Crippen LogP contribution is 2.20. The molecule has 6 nitrogen and oxygen atoms in total. The molecule has 2 fully saturated rings. The third-order valence-electron chi connectivity index (χ3n) is 3.90. The summed E-state index contributed by atoms with van der Waals surface area (Å²) in [6, 6.07) is 7.43. The molecule has 22 heavy (non-hydrogen) atoms. The molecule has 1 aliphatic carbocycles. The van der Waals surface area contributed by atoms with Crippen LogP contribution in [0.15, 0.2) is 24.3 Å². The predicted octanol–water partition coefficient (Wildman–Crippen LogP) is 0.423. The molecular formula is C16H22N4O2. The van der Waals surface area contributed by atoms with Crippen LogP contribution in [0, 0.1) is 0 Å². The number of carbonyl (C=O) groups is 2. The van der Waals surface area contributed by atoms with Gasteiger partial charge in [-0.2, -0.15) is 0 Å². The summed E-state index contributed by atoms with van der Waals surface area (Å²) >= 11 is 0. The molecule has 0 radical (unpaired) electrons. The second-order valence-electron chi connectivity index (χ2n) is 5.90. The third-order valence-corrected chi connectivity index (χ3v) is 3.90. The number of carbonyl (C=O) groups excluding carboxylic acids is 2. The Hall–Kier alpha value is -1.92. The zero-order valence-electron chi connectivity index (χ0n) is 12.6. The summed E-state index contributed by atoms with van der Waals surface area (Å²) in [4.78, 5) is 26.2. The molecule has 0 bridgehead atoms. The van der Waals surface area contributed by atoms with Gasteiger partial charge in [-0.3, -0.25) is 14.5 Å². The number of nitrogens with zero attached hydrogens (tertiary/aromatic N) is 1. The first-order valence-corrected chi connectivity index (χ1v) is 7.84. The van der Waals surface area contributed by atoms with Gasteiger partial charge in [0.15, 0.2) is 0 Å². The smallest absolute Gasteiger partial charge is 0.251 e. The maximum absolute atomic E-state index is 12.1. The first-order valence-electron chi connectivity index (χ1n) is 7.84. The molecule has 0 aromatic heterocycles. The van der Waals surface area contributed by atoms with Crippen molar-refractivity contribution in [2.45, 2.75) is 18.9 Å². The van der Waals surface area contributed by atoms with E-state index in [2.05, 4.69) is 20.9 Å². The molecule has 6 heteroatoms. The zero-order valence-corrected chi connectivity index (χ0v) is 12.6. The number of hydrogen-bond acceptors (Lipinski definition) is 4. The lowest BCUT2D eigenvalue weighted by Crippen LogP contribution is -2.46. The fourth-order valence-corrected chi connectivity index (χ4v) is 2.51. The normalized spacial score (nSPS) is 18.7. The van der Waals surface area contributed by atoms with Crippen molar-refractivity contribution in [2.24, 2.45) is 0 Å². The van der Waals surface area contributed by atoms with Crippen LogP contribution < -0.4 is 16.0 Å². The summed E-state index contributed by atoms with van der Waals surface area (Å²) in [6.07, 6.45) is 2.12. The van der Waals surface area contributed by atoms with Crippen molar-refractivity contribution in [1.82, 2.24) is 15.5 Å². The van der Waals surface area contributed by atoms with Crippen LogP contribution in [-0.4, -0.2) is 55.5 Å². The van der Waals surface area contributed by atoms with Crippen molar-refractivity contribution in [1.29, 1.82) is 0 Å². The van der Waals surface area contributed by atoms with Crippen molar-refractivity contribution in [2.75, 3.05) is 38.0 Å². The van der Waals surface area contributed by atoms with Gasteiger partial charge in [0.2, 0.25) is 5.91 Å². The average molecular weight is 302 g/mol. The molecule has 0 spiro atoms. The number of benzene rings is 1. The Morgan fingerprint density at radius 1 is 1.23 bits per heavy atom. The van der Waals surface area contributed by atoms with E-state index < -0.39 is 0 Å². The fourth-order valence-electron chi connectivity index (χ4n) is 2.51. The highest BCUT2D eigenvalue weighted by Gasteiger charge is 2.23. The van der Waals surface area contributed by atoms with Crippen molar-refractivity contribution >= 4 is 17.5 Å². The minimum atomic E-state index is -0.0688. The number of rotatable bonds is 5. The second-order valence-corrected chi connectivity index (χ2v) is 5.90. The monoisotopic (exact) mass is 302 g/mol. The molecule has 2 amide bonds. The van der Waals surface area contributed by atoms with E-state index in [0.717, 1.165) is 39.0 Å². The Morgan fingerprint density at radius 3 is 2.73 bits per heavy atom. The van der Waals surface area contributed by atoms with Gasteiger partial charge in [0.25, 0.3) is 5.91 Å². The minimum absolute atomic E-state index is 0.0401. The Labute approximate surface area is 130 Å². The van der Waals surface area contributed by atoms with Gasteiger partial charge < -0.3 is 16.0 Å². The molecule has 1 aromatic rings. The van der Waals surface area contributed by atoms with Crippen molar-refractivity contribution in [3.63, 3.8) is 0 Å². The van der Waals surface area contributed by atoms with Crippen LogP contribution in [0.3, 0.4) is 0 Å². The summed E-state index contributed by atoms with van der Waals surface area (Å²) in [6.45, 7) is 4.00. The first-order chi connectivity index (χ1) is 10.7. The number of hydrogen-bond donors (Lipinski definition) is 3. The Bertz CT molecular complexity index is 551. The predicted molar refractivity (Wildman–Crippen MR) is 84.9 cm³/mol. The molecular weight excluding hydrogens is 280 g/mol. The average Bonchev–Trinajstić information content (AvgIpc) is 3.32. The van der Waals surface area contributed by atoms with Crippen LogP contribution >= 0.6 is 0 Å². The summed E-state index contributed by atoms with van der Waals surface area (Å²) < 4.78 is 0. The zero-order chi connectivity index (χ0) is 15.4. The largest absolute Gasteiger partial charge is 0.349 e. The number of piperazine rings is 1. The maximum Gasteiger partial charge on any atom is 0.251 e. The number of anilines is 1. The standard InChI is InChI=1S/C16H22N4O2/c21-15(11-20-8-6-17-7-9-20)18-14-3-1-2-12(10-14)16(22)19-13-4-5-13/h1-3,10,13,17H,4-9,11H2,(H,18,21)(H,19,22). The maximum atomic E-state index is 12.1. The van der Waals surface area contributed by atoms with E-state index in [-0.39, 0.29) is 11.8 Å². The van der Waals surface area contributed by atoms with Gasteiger partial charge in [-0.15, -0.1) is 0 Å². The molecule has 0 atom stereocenters. The summed E-state index contributed by atoms with van der Waals surface area (Å²) in [7, 11) is 0. The number of amides is 2. The Kier molecular flexibility index (Phi) is 4.70. The Morgan fingerprint density at radius 2 is 2.00 bits per heavy atom. The van der Waals surface area contributed by atoms with Crippen molar-refractivity contribution < 1.29 is 9.59 Å². The van der Waals surface area contributed by atoms with Crippen LogP contribution in [0.5, 0.6) is 0 Å². The molecule has 1 saturated heterocycles. The van der Waals surface area contributed by atoms with Crippen LogP contribution in [0.1, 0.15) is 23.2 Å². The van der Waals surface area contributed by atoms with Crippen LogP contribution in [0.25, 0.3) is 0 Å². The van der Waals surface area contributed by atoms with E-state index in [4.69, 9.17) is 0 Å². The fraction of sp³-hybridized carbons (Fsp3) is 0.500. The Balaban J connectivity index is 1.54. The molecule has 1 heterocycles. The van der Waals surface area contributed by atoms with Crippen LogP contribution in [0.2, 0.25) is 0 Å². The quantitative estimate of drug-likeness (QED) is 0.737. The summed E-state index contributed by atoms with van der Waals surface area (Å²) in [5, 5.41) is 9.08. The summed E-state index contributed by atoms with van der Waals surface area (Å²) in [5.74, 6) is -0.109. The van der Waals surface area contributed by atoms with E-state index >= 15 is 0 Å². The minimum Gasteiger partial charge on any atom is -0.349 e. The van der Waals surface area contributed by atoms with Crippen LogP contribution in [-0.2, 0) is 4.79 Å². The van der Waals surface area contributed by atoms with Gasteiger partial charge in [-0.05, 0) is 31.0 Å².